The van der Waals surface area contributed by atoms with Gasteiger partial charge >= 0.3 is 5.92 Å². The molecule has 0 bridgehead atoms. The molecule has 0 saturated carbocycles. The van der Waals surface area contributed by atoms with Crippen molar-refractivity contribution in [3.05, 3.63) is 34.7 Å². The average Bonchev–Trinajstić information content (AvgIpc) is 3.17. The van der Waals surface area contributed by atoms with Crippen molar-refractivity contribution in [2.75, 3.05) is 0 Å². The first-order valence-electron chi connectivity index (χ1n) is 16.4. The largest absolute Gasteiger partial charge is 0.539 e. The van der Waals surface area contributed by atoms with Crippen molar-refractivity contribution >= 4 is 22.2 Å². The normalized spacial score (nSPS) is 16.1. The van der Waals surface area contributed by atoms with Crippen LogP contribution in [0.5, 0.6) is 5.75 Å². The van der Waals surface area contributed by atoms with E-state index in [2.05, 4.69) is 27.7 Å². The Morgan fingerprint density at radius 2 is 1.14 bits per heavy atom. The summed E-state index contributed by atoms with van der Waals surface area (Å²) in [7, 11) is -4.21. The molecular weight excluding hydrogens is 583 g/mol. The van der Waals surface area contributed by atoms with Crippen LogP contribution < -0.4 is 4.43 Å². The lowest BCUT2D eigenvalue weighted by Gasteiger charge is -2.36. The first-order chi connectivity index (χ1) is 19.8. The summed E-state index contributed by atoms with van der Waals surface area (Å²) in [5.41, 5.74) is -2.98. The van der Waals surface area contributed by atoms with E-state index in [0.29, 0.717) is 12.1 Å². The second kappa shape index (κ2) is 16.7. The van der Waals surface area contributed by atoms with Crippen molar-refractivity contribution in [2.45, 2.75) is 160 Å². The number of allylic oxidation sites excluding steroid dienone is 1. The second-order valence-electron chi connectivity index (χ2n) is 12.8. The van der Waals surface area contributed by atoms with Crippen LogP contribution in [0.25, 0.3) is 5.83 Å². The van der Waals surface area contributed by atoms with E-state index in [9.17, 15) is 17.6 Å². The maximum absolute atomic E-state index is 15.5. The topological polar surface area (TPSA) is 9.23 Å². The van der Waals surface area contributed by atoms with E-state index >= 15 is 8.78 Å². The third kappa shape index (κ3) is 8.92. The Balaban J connectivity index is 2.26. The molecule has 9 heteroatoms. The van der Waals surface area contributed by atoms with Crippen molar-refractivity contribution in [2.24, 2.45) is 0 Å². The van der Waals surface area contributed by atoms with Crippen LogP contribution in [0.1, 0.15) is 123 Å². The van der Waals surface area contributed by atoms with E-state index in [1.165, 1.54) is 49.9 Å². The van der Waals surface area contributed by atoms with Crippen LogP contribution in [0, 0.1) is 23.5 Å². The van der Waals surface area contributed by atoms with Gasteiger partial charge in [-0.25, -0.2) is 13.2 Å². The third-order valence-corrected chi connectivity index (χ3v) is 20.5. The summed E-state index contributed by atoms with van der Waals surface area (Å²) in [5, 5.41) is 0. The number of unbranched alkanes of at least 4 members (excludes halogenated alkanes) is 6. The van der Waals surface area contributed by atoms with Crippen LogP contribution in [0.4, 0.5) is 26.3 Å². The molecule has 0 spiro atoms. The number of halogens is 6. The van der Waals surface area contributed by atoms with Gasteiger partial charge in [-0.2, -0.15) is 13.2 Å². The summed E-state index contributed by atoms with van der Waals surface area (Å²) in [6, 6.07) is 6.74. The number of hydrogen-bond donors (Lipinski definition) is 0. The summed E-state index contributed by atoms with van der Waals surface area (Å²) in [4.78, 5) is 0. The van der Waals surface area contributed by atoms with Crippen LogP contribution in [-0.4, -0.2) is 16.4 Å². The van der Waals surface area contributed by atoms with Gasteiger partial charge in [0.2, 0.25) is 5.82 Å². The minimum atomic E-state index is -4.25. The Labute approximate surface area is 253 Å². The molecule has 0 aliphatic heterocycles. The van der Waals surface area contributed by atoms with Crippen molar-refractivity contribution in [3.8, 4) is 5.75 Å². The lowest BCUT2D eigenvalue weighted by molar-refractivity contribution is 0.0418. The Morgan fingerprint density at radius 3 is 1.62 bits per heavy atom. The Bertz CT molecular complexity index is 1010. The number of rotatable bonds is 21. The molecule has 1 radical (unpaired) electrons. The molecule has 0 saturated heterocycles. The second-order valence-corrected chi connectivity index (χ2v) is 22.3. The molecular formula is C33H53F6OSi2. The summed E-state index contributed by atoms with van der Waals surface area (Å²) < 4.78 is 94.4. The average molecular weight is 636 g/mol. The van der Waals surface area contributed by atoms with Gasteiger partial charge in [0.05, 0.1) is 25.3 Å². The van der Waals surface area contributed by atoms with E-state index in [4.69, 9.17) is 4.43 Å². The van der Waals surface area contributed by atoms with Gasteiger partial charge in [-0.1, -0.05) is 136 Å². The van der Waals surface area contributed by atoms with Crippen LogP contribution in [0.2, 0.25) is 41.8 Å². The van der Waals surface area contributed by atoms with Crippen molar-refractivity contribution in [1.29, 1.82) is 0 Å². The highest BCUT2D eigenvalue weighted by Crippen LogP contribution is 2.49. The van der Waals surface area contributed by atoms with Gasteiger partial charge in [0.15, 0.2) is 17.4 Å². The molecule has 42 heavy (non-hydrogen) atoms. The zero-order valence-corrected chi connectivity index (χ0v) is 28.8. The molecule has 0 amide bonds. The van der Waals surface area contributed by atoms with Crippen LogP contribution >= 0.6 is 0 Å². The first kappa shape index (κ1) is 37.0. The van der Waals surface area contributed by atoms with Crippen LogP contribution in [-0.2, 0) is 5.92 Å². The van der Waals surface area contributed by atoms with Crippen molar-refractivity contribution < 1.29 is 30.8 Å². The molecule has 1 aromatic rings. The minimum absolute atomic E-state index is 0.0682. The molecule has 0 heterocycles. The van der Waals surface area contributed by atoms with E-state index in [-0.39, 0.29) is 5.54 Å². The molecule has 0 N–H and O–H groups in total. The molecule has 1 aliphatic carbocycles. The first-order valence-corrected chi connectivity index (χ1v) is 21.7. The molecule has 1 aliphatic rings. The Morgan fingerprint density at radius 1 is 0.643 bits per heavy atom. The highest BCUT2D eigenvalue weighted by Gasteiger charge is 2.49. The fraction of sp³-hybridized carbons (Fsp3) is 0.758. The predicted octanol–water partition coefficient (Wildman–Crippen LogP) is 12.9. The van der Waals surface area contributed by atoms with Gasteiger partial charge in [0.25, 0.3) is 8.32 Å². The van der Waals surface area contributed by atoms with Gasteiger partial charge in [0, 0.05) is 0 Å². The quantitative estimate of drug-likeness (QED) is 0.0565. The highest BCUT2D eigenvalue weighted by atomic mass is 28.4. The van der Waals surface area contributed by atoms with Gasteiger partial charge < -0.3 is 4.43 Å². The Kier molecular flexibility index (Phi) is 14.7. The summed E-state index contributed by atoms with van der Waals surface area (Å²) >= 11 is 0. The van der Waals surface area contributed by atoms with E-state index < -0.39 is 62.5 Å². The molecule has 1 nitrogen and oxygen atoms in total. The zero-order chi connectivity index (χ0) is 31.6. The van der Waals surface area contributed by atoms with Crippen molar-refractivity contribution in [1.82, 2.24) is 0 Å². The van der Waals surface area contributed by atoms with Crippen LogP contribution in [0.15, 0.2) is 0 Å². The number of alkyl halides is 2. The van der Waals surface area contributed by atoms with Gasteiger partial charge in [-0.3, -0.25) is 0 Å². The summed E-state index contributed by atoms with van der Waals surface area (Å²) in [6.07, 6.45) is 12.7. The maximum atomic E-state index is 15.5. The molecule has 241 valence electrons. The minimum Gasteiger partial charge on any atom is -0.539 e. The third-order valence-electron chi connectivity index (χ3n) is 9.29. The van der Waals surface area contributed by atoms with Crippen LogP contribution in [0.3, 0.4) is 0 Å². The SMILES string of the molecule is CCCCCC[Si](CCCCCC[Si](CCC)(CCC)CCC)(Oc1c(F)c(F)c2c(c1F)C(F)=[C]C2(F)F)C(C)C. The molecule has 0 fully saturated rings. The fourth-order valence-electron chi connectivity index (χ4n) is 7.09. The smallest absolute Gasteiger partial charge is 0.305 e. The van der Waals surface area contributed by atoms with Gasteiger partial charge in [-0.05, 0) is 17.6 Å². The highest BCUT2D eigenvalue weighted by molar-refractivity contribution is 6.79. The fourth-order valence-corrected chi connectivity index (χ4v) is 16.9. The lowest BCUT2D eigenvalue weighted by atomic mass is 10.1. The van der Waals surface area contributed by atoms with Gasteiger partial charge in [0.1, 0.15) is 5.83 Å². The lowest BCUT2D eigenvalue weighted by Crippen LogP contribution is -2.45. The monoisotopic (exact) mass is 635 g/mol. The maximum Gasteiger partial charge on any atom is 0.305 e. The predicted molar refractivity (Wildman–Crippen MR) is 168 cm³/mol. The van der Waals surface area contributed by atoms with E-state index in [1.807, 2.05) is 13.8 Å². The molecule has 1 aromatic carbocycles. The molecule has 1 unspecified atom stereocenters. The standard InChI is InChI=1S/C33H53F6OSi2/c1-7-11-12-16-22-42(25(5)6,23-17-14-13-15-21-41(18-8-2,19-9-3)20-10-4)40-32-29(35)27-26(34)24-33(38,39)28(27)30(36)31(32)37/h25H,7-23H2,1-6H3. The number of fused-ring (bicyclic) bond motifs is 1. The summed E-state index contributed by atoms with van der Waals surface area (Å²) in [6.45, 7) is 12.9. The molecule has 0 aromatic heterocycles. The van der Waals surface area contributed by atoms with Gasteiger partial charge in [-0.15, -0.1) is 0 Å². The van der Waals surface area contributed by atoms with E-state index in [0.717, 1.165) is 51.0 Å². The van der Waals surface area contributed by atoms with Crippen molar-refractivity contribution in [3.63, 3.8) is 0 Å². The number of benzene rings is 1. The summed E-state index contributed by atoms with van der Waals surface area (Å²) in [5.74, 6) is -12.4. The molecule has 2 rings (SSSR count). The number of hydrogen-bond acceptors (Lipinski definition) is 1. The zero-order valence-electron chi connectivity index (χ0n) is 26.8. The Hall–Kier alpha value is -1.23. The van der Waals surface area contributed by atoms with E-state index in [1.54, 1.807) is 0 Å². The molecule has 1 atom stereocenters.